The Kier molecular flexibility index (Phi) is 4.21. The first-order valence-corrected chi connectivity index (χ1v) is 8.78. The van der Waals surface area contributed by atoms with Gasteiger partial charge in [0.15, 0.2) is 5.65 Å². The molecule has 25 heavy (non-hydrogen) atoms. The number of rotatable bonds is 4. The first-order chi connectivity index (χ1) is 12.2. The van der Waals surface area contributed by atoms with E-state index >= 15 is 0 Å². The molecular formula is C18H22N6O. The maximum Gasteiger partial charge on any atom is 0.224 e. The van der Waals surface area contributed by atoms with Crippen molar-refractivity contribution in [1.29, 1.82) is 0 Å². The Bertz CT molecular complexity index is 882. The largest absolute Gasteiger partial charge is 0.342 e. The Morgan fingerprint density at radius 2 is 2.16 bits per heavy atom. The van der Waals surface area contributed by atoms with Gasteiger partial charge in [0, 0.05) is 44.4 Å². The summed E-state index contributed by atoms with van der Waals surface area (Å²) in [6.45, 7) is 4.12. The second-order valence-corrected chi connectivity index (χ2v) is 6.64. The molecule has 1 unspecified atom stereocenters. The Morgan fingerprint density at radius 1 is 1.24 bits per heavy atom. The number of fused-ring (bicyclic) bond motifs is 1. The van der Waals surface area contributed by atoms with Gasteiger partial charge in [-0.1, -0.05) is 6.07 Å². The monoisotopic (exact) mass is 338 g/mol. The third kappa shape index (κ3) is 3.26. The van der Waals surface area contributed by atoms with E-state index in [0.717, 1.165) is 36.6 Å². The Labute approximate surface area is 146 Å². The number of aromatic nitrogens is 5. The minimum atomic E-state index is 0.187. The summed E-state index contributed by atoms with van der Waals surface area (Å²) in [5, 5.41) is 13.0. The van der Waals surface area contributed by atoms with Gasteiger partial charge in [0.1, 0.15) is 5.82 Å². The van der Waals surface area contributed by atoms with Crippen LogP contribution < -0.4 is 0 Å². The van der Waals surface area contributed by atoms with Crippen LogP contribution in [0, 0.1) is 6.92 Å². The van der Waals surface area contributed by atoms with Crippen molar-refractivity contribution in [3.05, 3.63) is 48.2 Å². The summed E-state index contributed by atoms with van der Waals surface area (Å²) in [5.41, 5.74) is 1.83. The summed E-state index contributed by atoms with van der Waals surface area (Å²) in [4.78, 5) is 14.6. The van der Waals surface area contributed by atoms with E-state index in [4.69, 9.17) is 0 Å². The number of amides is 1. The molecule has 130 valence electrons. The van der Waals surface area contributed by atoms with Crippen LogP contribution in [-0.4, -0.2) is 48.3 Å². The number of carbonyl (C=O) groups excluding carboxylic acids is 1. The Balaban J connectivity index is 1.42. The highest BCUT2D eigenvalue weighted by Gasteiger charge is 2.27. The zero-order chi connectivity index (χ0) is 17.2. The van der Waals surface area contributed by atoms with Crippen molar-refractivity contribution < 1.29 is 4.79 Å². The highest BCUT2D eigenvalue weighted by atomic mass is 16.2. The lowest BCUT2D eigenvalue weighted by Crippen LogP contribution is -2.39. The van der Waals surface area contributed by atoms with Crippen molar-refractivity contribution in [3.63, 3.8) is 0 Å². The number of hydrogen-bond donors (Lipinski definition) is 0. The van der Waals surface area contributed by atoms with Crippen molar-refractivity contribution >= 4 is 11.6 Å². The van der Waals surface area contributed by atoms with Crippen molar-refractivity contribution in [1.82, 2.24) is 29.3 Å². The number of nitrogens with zero attached hydrogens (tertiary/aromatic N) is 6. The average molecular weight is 338 g/mol. The minimum Gasteiger partial charge on any atom is -0.342 e. The molecule has 0 aliphatic carbocycles. The lowest BCUT2D eigenvalue weighted by molar-refractivity contribution is -0.132. The normalized spacial score (nSPS) is 18.0. The molecule has 7 nitrogen and oxygen atoms in total. The minimum absolute atomic E-state index is 0.187. The Morgan fingerprint density at radius 3 is 3.00 bits per heavy atom. The van der Waals surface area contributed by atoms with Crippen LogP contribution in [0.15, 0.2) is 36.7 Å². The van der Waals surface area contributed by atoms with Gasteiger partial charge in [0.25, 0.3) is 0 Å². The molecule has 3 aromatic rings. The second-order valence-electron chi connectivity index (χ2n) is 6.64. The topological polar surface area (TPSA) is 68.3 Å². The summed E-state index contributed by atoms with van der Waals surface area (Å²) in [6.07, 6.45) is 6.43. The molecule has 0 spiro atoms. The number of likely N-dealkylation sites (tertiary alicyclic amines) is 1. The molecule has 1 aliphatic rings. The van der Waals surface area contributed by atoms with Gasteiger partial charge in [-0.2, -0.15) is 5.10 Å². The molecule has 0 aromatic carbocycles. The highest BCUT2D eigenvalue weighted by Crippen LogP contribution is 2.26. The number of hydrogen-bond acceptors (Lipinski definition) is 4. The van der Waals surface area contributed by atoms with Crippen LogP contribution in [-0.2, 0) is 11.3 Å². The van der Waals surface area contributed by atoms with Crippen LogP contribution >= 0.6 is 0 Å². The van der Waals surface area contributed by atoms with Gasteiger partial charge in [0.2, 0.25) is 5.91 Å². The number of aryl methyl sites for hydroxylation is 2. The van der Waals surface area contributed by atoms with Gasteiger partial charge in [0.05, 0.1) is 5.69 Å². The van der Waals surface area contributed by atoms with Crippen LogP contribution in [0.1, 0.15) is 36.7 Å². The maximum absolute atomic E-state index is 12.6. The first-order valence-electron chi connectivity index (χ1n) is 8.78. The smallest absolute Gasteiger partial charge is 0.224 e. The van der Waals surface area contributed by atoms with Gasteiger partial charge < -0.3 is 4.90 Å². The van der Waals surface area contributed by atoms with Crippen LogP contribution in [0.3, 0.4) is 0 Å². The van der Waals surface area contributed by atoms with E-state index in [1.165, 1.54) is 0 Å². The molecule has 3 aromatic heterocycles. The molecule has 4 rings (SSSR count). The van der Waals surface area contributed by atoms with Crippen molar-refractivity contribution in [3.8, 4) is 0 Å². The van der Waals surface area contributed by atoms with E-state index in [9.17, 15) is 4.79 Å². The second kappa shape index (κ2) is 6.66. The molecule has 0 N–H and O–H groups in total. The zero-order valence-corrected chi connectivity index (χ0v) is 14.4. The predicted octanol–water partition coefficient (Wildman–Crippen LogP) is 2.03. The third-order valence-corrected chi connectivity index (χ3v) is 4.81. The summed E-state index contributed by atoms with van der Waals surface area (Å²) >= 11 is 0. The van der Waals surface area contributed by atoms with Gasteiger partial charge >= 0.3 is 0 Å². The highest BCUT2D eigenvalue weighted by molar-refractivity contribution is 5.76. The molecule has 7 heteroatoms. The first kappa shape index (κ1) is 15.8. The standard InChI is InChI=1S/C18H22N6O/c1-14-7-11-23(21-14)12-8-17(25)22-9-4-5-15(13-22)18-20-19-16-6-2-3-10-24(16)18/h2-3,6-7,10-11,15H,4-5,8-9,12-13H2,1H3. The fourth-order valence-electron chi connectivity index (χ4n) is 3.51. The molecule has 1 aliphatic heterocycles. The fourth-order valence-corrected chi connectivity index (χ4v) is 3.51. The van der Waals surface area contributed by atoms with Gasteiger partial charge in [-0.25, -0.2) is 0 Å². The van der Waals surface area contributed by atoms with Gasteiger partial charge in [-0.15, -0.1) is 10.2 Å². The van der Waals surface area contributed by atoms with Crippen LogP contribution in [0.2, 0.25) is 0 Å². The molecule has 0 saturated carbocycles. The molecule has 4 heterocycles. The molecule has 1 amide bonds. The number of carbonyl (C=O) groups is 1. The van der Waals surface area contributed by atoms with Gasteiger partial charge in [-0.3, -0.25) is 13.9 Å². The molecule has 0 radical (unpaired) electrons. The molecule has 0 bridgehead atoms. The van der Waals surface area contributed by atoms with Crippen LogP contribution in [0.4, 0.5) is 0 Å². The molecule has 1 fully saturated rings. The maximum atomic E-state index is 12.6. The quantitative estimate of drug-likeness (QED) is 0.730. The van der Waals surface area contributed by atoms with Crippen molar-refractivity contribution in [2.24, 2.45) is 0 Å². The molecule has 1 saturated heterocycles. The van der Waals surface area contributed by atoms with E-state index in [0.29, 0.717) is 19.5 Å². The van der Waals surface area contributed by atoms with E-state index in [1.54, 1.807) is 0 Å². The summed E-state index contributed by atoms with van der Waals surface area (Å²) in [7, 11) is 0. The fraction of sp³-hybridized carbons (Fsp3) is 0.444. The Hall–Kier alpha value is -2.70. The predicted molar refractivity (Wildman–Crippen MR) is 93.1 cm³/mol. The third-order valence-electron chi connectivity index (χ3n) is 4.81. The van der Waals surface area contributed by atoms with Gasteiger partial charge in [-0.05, 0) is 38.0 Å². The number of piperidine rings is 1. The molecule has 1 atom stereocenters. The summed E-state index contributed by atoms with van der Waals surface area (Å²) in [6, 6.07) is 7.85. The van der Waals surface area contributed by atoms with E-state index in [2.05, 4.69) is 15.3 Å². The summed E-state index contributed by atoms with van der Waals surface area (Å²) in [5.74, 6) is 1.38. The van der Waals surface area contributed by atoms with E-state index in [-0.39, 0.29) is 11.8 Å². The lowest BCUT2D eigenvalue weighted by Gasteiger charge is -2.32. The summed E-state index contributed by atoms with van der Waals surface area (Å²) < 4.78 is 3.87. The van der Waals surface area contributed by atoms with E-state index < -0.39 is 0 Å². The zero-order valence-electron chi connectivity index (χ0n) is 14.4. The van der Waals surface area contributed by atoms with Crippen LogP contribution in [0.5, 0.6) is 0 Å². The number of pyridine rings is 1. The van der Waals surface area contributed by atoms with E-state index in [1.807, 2.05) is 57.6 Å². The molecular weight excluding hydrogens is 316 g/mol. The van der Waals surface area contributed by atoms with Crippen molar-refractivity contribution in [2.75, 3.05) is 13.1 Å². The SMILES string of the molecule is Cc1ccn(CCC(=O)N2CCCC(c3nnc4ccccn34)C2)n1. The van der Waals surface area contributed by atoms with Crippen LogP contribution in [0.25, 0.3) is 5.65 Å². The average Bonchev–Trinajstić information content (AvgIpc) is 3.26. The van der Waals surface area contributed by atoms with Crippen molar-refractivity contribution in [2.45, 2.75) is 38.6 Å². The lowest BCUT2D eigenvalue weighted by atomic mass is 9.97.